The average Bonchev–Trinajstić information content (AvgIpc) is 3.45. The summed E-state index contributed by atoms with van der Waals surface area (Å²) in [7, 11) is 0. The molecule has 1 aromatic carbocycles. The lowest BCUT2D eigenvalue weighted by Crippen LogP contribution is -2.36. The fourth-order valence-electron chi connectivity index (χ4n) is 3.53. The predicted molar refractivity (Wildman–Crippen MR) is 126 cm³/mol. The smallest absolute Gasteiger partial charge is 0.237 e. The SMILES string of the molecule is CC(C)Cn1c(SC(C)C(=O)Nc2ccc(N3CCOCC3)cc2)nnc1-c1ccco1. The molecule has 0 spiro atoms. The van der Waals surface area contributed by atoms with Crippen LogP contribution in [0.15, 0.2) is 52.2 Å². The van der Waals surface area contributed by atoms with Crippen LogP contribution < -0.4 is 10.2 Å². The van der Waals surface area contributed by atoms with Crippen molar-refractivity contribution in [3.63, 3.8) is 0 Å². The van der Waals surface area contributed by atoms with E-state index in [0.29, 0.717) is 22.7 Å². The molecule has 32 heavy (non-hydrogen) atoms. The van der Waals surface area contributed by atoms with Gasteiger partial charge >= 0.3 is 0 Å². The molecule has 1 unspecified atom stereocenters. The number of hydrogen-bond donors (Lipinski definition) is 1. The number of hydrogen-bond acceptors (Lipinski definition) is 7. The van der Waals surface area contributed by atoms with Gasteiger partial charge in [-0.05, 0) is 49.2 Å². The highest BCUT2D eigenvalue weighted by atomic mass is 32.2. The second-order valence-electron chi connectivity index (χ2n) is 8.18. The number of rotatable bonds is 8. The van der Waals surface area contributed by atoms with E-state index in [0.717, 1.165) is 44.2 Å². The lowest BCUT2D eigenvalue weighted by molar-refractivity contribution is -0.115. The van der Waals surface area contributed by atoms with Crippen LogP contribution in [-0.2, 0) is 16.1 Å². The Morgan fingerprint density at radius 1 is 1.12 bits per heavy atom. The molecule has 3 aromatic rings. The molecule has 3 heterocycles. The van der Waals surface area contributed by atoms with Gasteiger partial charge in [-0.1, -0.05) is 25.6 Å². The Balaban J connectivity index is 1.41. The largest absolute Gasteiger partial charge is 0.461 e. The highest BCUT2D eigenvalue weighted by Crippen LogP contribution is 2.29. The molecule has 1 aliphatic heterocycles. The zero-order valence-corrected chi connectivity index (χ0v) is 19.5. The van der Waals surface area contributed by atoms with E-state index in [9.17, 15) is 4.79 Å². The molecule has 1 saturated heterocycles. The van der Waals surface area contributed by atoms with Crippen LogP contribution in [0.1, 0.15) is 20.8 Å². The van der Waals surface area contributed by atoms with E-state index in [1.807, 2.05) is 47.9 Å². The van der Waals surface area contributed by atoms with Gasteiger partial charge in [-0.15, -0.1) is 10.2 Å². The number of morpholine rings is 1. The van der Waals surface area contributed by atoms with Gasteiger partial charge in [0.15, 0.2) is 16.7 Å². The van der Waals surface area contributed by atoms with Gasteiger partial charge in [0.1, 0.15) is 0 Å². The molecule has 0 bridgehead atoms. The fourth-order valence-corrected chi connectivity index (χ4v) is 4.38. The normalized spacial score (nSPS) is 15.2. The van der Waals surface area contributed by atoms with E-state index in [4.69, 9.17) is 9.15 Å². The summed E-state index contributed by atoms with van der Waals surface area (Å²) in [5, 5.41) is 12.0. The Morgan fingerprint density at radius 2 is 1.88 bits per heavy atom. The van der Waals surface area contributed by atoms with E-state index in [-0.39, 0.29) is 11.2 Å². The summed E-state index contributed by atoms with van der Waals surface area (Å²) >= 11 is 1.40. The molecule has 9 heteroatoms. The van der Waals surface area contributed by atoms with Gasteiger partial charge in [0.25, 0.3) is 0 Å². The first-order chi connectivity index (χ1) is 15.5. The monoisotopic (exact) mass is 455 g/mol. The van der Waals surface area contributed by atoms with Crippen molar-refractivity contribution >= 4 is 29.0 Å². The predicted octanol–water partition coefficient (Wildman–Crippen LogP) is 4.15. The minimum absolute atomic E-state index is 0.0761. The fraction of sp³-hybridized carbons (Fsp3) is 0.435. The average molecular weight is 456 g/mol. The molecule has 0 saturated carbocycles. The Morgan fingerprint density at radius 3 is 2.53 bits per heavy atom. The van der Waals surface area contributed by atoms with Crippen LogP contribution in [0.5, 0.6) is 0 Å². The molecule has 2 aromatic heterocycles. The third kappa shape index (κ3) is 5.34. The summed E-state index contributed by atoms with van der Waals surface area (Å²) in [5.41, 5.74) is 1.92. The molecule has 4 rings (SSSR count). The van der Waals surface area contributed by atoms with Crippen molar-refractivity contribution < 1.29 is 13.9 Å². The number of carbonyl (C=O) groups excluding carboxylic acids is 1. The molecule has 0 radical (unpaired) electrons. The lowest BCUT2D eigenvalue weighted by atomic mass is 10.2. The summed E-state index contributed by atoms with van der Waals surface area (Å²) in [6.07, 6.45) is 1.62. The molecule has 1 N–H and O–H groups in total. The highest BCUT2D eigenvalue weighted by Gasteiger charge is 2.22. The van der Waals surface area contributed by atoms with Crippen molar-refractivity contribution in [1.29, 1.82) is 0 Å². The summed E-state index contributed by atoms with van der Waals surface area (Å²) in [4.78, 5) is 15.1. The molecular weight excluding hydrogens is 426 g/mol. The van der Waals surface area contributed by atoms with E-state index in [1.54, 1.807) is 6.26 Å². The van der Waals surface area contributed by atoms with Gasteiger partial charge in [-0.25, -0.2) is 0 Å². The third-order valence-electron chi connectivity index (χ3n) is 5.17. The minimum atomic E-state index is -0.339. The first-order valence-electron chi connectivity index (χ1n) is 10.9. The van der Waals surface area contributed by atoms with Crippen LogP contribution in [0, 0.1) is 5.92 Å². The third-order valence-corrected chi connectivity index (χ3v) is 6.25. The molecule has 170 valence electrons. The zero-order valence-electron chi connectivity index (χ0n) is 18.7. The van der Waals surface area contributed by atoms with Crippen molar-refractivity contribution in [1.82, 2.24) is 14.8 Å². The number of benzene rings is 1. The van der Waals surface area contributed by atoms with Gasteiger partial charge < -0.3 is 19.4 Å². The van der Waals surface area contributed by atoms with Crippen molar-refractivity contribution in [2.75, 3.05) is 36.5 Å². The Bertz CT molecular complexity index is 1010. The van der Waals surface area contributed by atoms with Crippen LogP contribution >= 0.6 is 11.8 Å². The van der Waals surface area contributed by atoms with Gasteiger partial charge in [0.05, 0.1) is 24.7 Å². The molecule has 1 atom stereocenters. The first kappa shape index (κ1) is 22.4. The first-order valence-corrected chi connectivity index (χ1v) is 11.8. The maximum Gasteiger partial charge on any atom is 0.237 e. The van der Waals surface area contributed by atoms with Crippen molar-refractivity contribution in [2.24, 2.45) is 5.92 Å². The van der Waals surface area contributed by atoms with Crippen LogP contribution in [0.25, 0.3) is 11.6 Å². The van der Waals surface area contributed by atoms with Gasteiger partial charge in [-0.3, -0.25) is 9.36 Å². The summed E-state index contributed by atoms with van der Waals surface area (Å²) in [6.45, 7) is 10.2. The topological polar surface area (TPSA) is 85.4 Å². The second kappa shape index (κ2) is 10.2. The number of nitrogens with zero attached hydrogens (tertiary/aromatic N) is 4. The lowest BCUT2D eigenvalue weighted by Gasteiger charge is -2.28. The zero-order chi connectivity index (χ0) is 22.5. The number of anilines is 2. The Labute approximate surface area is 192 Å². The maximum absolute atomic E-state index is 12.8. The number of thioether (sulfide) groups is 1. The molecular formula is C23H29N5O3S. The van der Waals surface area contributed by atoms with E-state index >= 15 is 0 Å². The number of aromatic nitrogens is 3. The van der Waals surface area contributed by atoms with Gasteiger partial charge in [-0.2, -0.15) is 0 Å². The van der Waals surface area contributed by atoms with Crippen LogP contribution in [0.3, 0.4) is 0 Å². The number of carbonyl (C=O) groups is 1. The molecule has 8 nitrogen and oxygen atoms in total. The van der Waals surface area contributed by atoms with Crippen LogP contribution in [0.2, 0.25) is 0 Å². The highest BCUT2D eigenvalue weighted by molar-refractivity contribution is 8.00. The minimum Gasteiger partial charge on any atom is -0.461 e. The van der Waals surface area contributed by atoms with Crippen molar-refractivity contribution in [2.45, 2.75) is 37.7 Å². The van der Waals surface area contributed by atoms with Crippen LogP contribution in [0.4, 0.5) is 11.4 Å². The second-order valence-corrected chi connectivity index (χ2v) is 9.49. The van der Waals surface area contributed by atoms with E-state index < -0.39 is 0 Å². The Hall–Kier alpha value is -2.78. The number of ether oxygens (including phenoxy) is 1. The summed E-state index contributed by atoms with van der Waals surface area (Å²) in [6, 6.07) is 11.6. The summed E-state index contributed by atoms with van der Waals surface area (Å²) in [5.74, 6) is 1.67. The molecule has 1 amide bonds. The van der Waals surface area contributed by atoms with Crippen LogP contribution in [-0.4, -0.2) is 52.2 Å². The van der Waals surface area contributed by atoms with Gasteiger partial charge in [0.2, 0.25) is 5.91 Å². The molecule has 0 aliphatic carbocycles. The van der Waals surface area contributed by atoms with Crippen molar-refractivity contribution in [3.8, 4) is 11.6 Å². The van der Waals surface area contributed by atoms with Gasteiger partial charge in [0, 0.05) is 31.0 Å². The Kier molecular flexibility index (Phi) is 7.16. The number of furan rings is 1. The standard InChI is InChI=1S/C23H29N5O3S/c1-16(2)15-28-21(20-5-4-12-31-20)25-26-23(28)32-17(3)22(29)24-18-6-8-19(9-7-18)27-10-13-30-14-11-27/h4-9,12,16-17H,10-11,13-15H2,1-3H3,(H,24,29). The molecule has 1 fully saturated rings. The van der Waals surface area contributed by atoms with E-state index in [2.05, 4.69) is 34.3 Å². The van der Waals surface area contributed by atoms with Crippen molar-refractivity contribution in [3.05, 3.63) is 42.7 Å². The summed E-state index contributed by atoms with van der Waals surface area (Å²) < 4.78 is 12.9. The number of amides is 1. The quantitative estimate of drug-likeness (QED) is 0.511. The van der Waals surface area contributed by atoms with E-state index in [1.165, 1.54) is 11.8 Å². The maximum atomic E-state index is 12.8. The number of nitrogens with one attached hydrogen (secondary N) is 1. The molecule has 1 aliphatic rings.